The van der Waals surface area contributed by atoms with Gasteiger partial charge in [-0.15, -0.1) is 0 Å². The molecular formula is C36H44N4O4S. The summed E-state index contributed by atoms with van der Waals surface area (Å²) in [6, 6.07) is 12.6. The van der Waals surface area contributed by atoms with Crippen LogP contribution in [0.25, 0.3) is 33.8 Å². The number of methoxy groups -OCH3 is 1. The van der Waals surface area contributed by atoms with E-state index in [1.165, 1.54) is 47.9 Å². The largest absolute Gasteiger partial charge is 0.497 e. The standard InChI is InChI=1S/C35H40N4O3S.CH4O/c1-21(2)39-20-36-30(19-40)33(39)26-15-25-16-27(42-5)12-14-28(25)34-32(23-9-7-6-8-10-23)29-13-11-24(17-31(29)38(34)18-26)35(41)37-43-22(3)4;1-2/h11-17,19-23H,6-10,18H2,1-5H3,(H,37,41);2H,1H3. The van der Waals surface area contributed by atoms with Crippen LogP contribution in [0, 0.1) is 0 Å². The van der Waals surface area contributed by atoms with Crippen LogP contribution in [-0.4, -0.2) is 50.9 Å². The van der Waals surface area contributed by atoms with E-state index in [0.717, 1.165) is 59.9 Å². The van der Waals surface area contributed by atoms with Gasteiger partial charge in [0.2, 0.25) is 0 Å². The van der Waals surface area contributed by atoms with E-state index >= 15 is 0 Å². The van der Waals surface area contributed by atoms with E-state index in [1.807, 2.05) is 18.2 Å². The third kappa shape index (κ3) is 6.33. The number of aromatic nitrogens is 3. The van der Waals surface area contributed by atoms with Gasteiger partial charge in [0.05, 0.1) is 31.4 Å². The monoisotopic (exact) mass is 628 g/mol. The van der Waals surface area contributed by atoms with Gasteiger partial charge in [0.15, 0.2) is 6.29 Å². The molecule has 9 heteroatoms. The number of carbonyl (C=O) groups excluding carboxylic acids is 2. The van der Waals surface area contributed by atoms with Gasteiger partial charge in [-0.1, -0.05) is 39.2 Å². The fraction of sp³-hybridized carbons (Fsp3) is 0.417. The van der Waals surface area contributed by atoms with Crippen LogP contribution in [0.1, 0.15) is 109 Å². The number of nitrogens with zero attached hydrogens (tertiary/aromatic N) is 3. The molecule has 1 aliphatic carbocycles. The Hall–Kier alpha value is -3.82. The van der Waals surface area contributed by atoms with E-state index in [0.29, 0.717) is 23.7 Å². The molecule has 1 aliphatic heterocycles. The zero-order valence-corrected chi connectivity index (χ0v) is 27.9. The number of amides is 1. The summed E-state index contributed by atoms with van der Waals surface area (Å²) in [5, 5.41) is 8.49. The molecule has 6 rings (SSSR count). The molecule has 2 aromatic carbocycles. The fourth-order valence-electron chi connectivity index (χ4n) is 6.74. The van der Waals surface area contributed by atoms with Crippen LogP contribution in [0.2, 0.25) is 0 Å². The van der Waals surface area contributed by atoms with Crippen molar-refractivity contribution in [2.24, 2.45) is 0 Å². The van der Waals surface area contributed by atoms with Crippen molar-refractivity contribution >= 4 is 46.7 Å². The molecule has 1 amide bonds. The van der Waals surface area contributed by atoms with Crippen LogP contribution in [-0.2, 0) is 6.54 Å². The number of rotatable bonds is 8. The van der Waals surface area contributed by atoms with Crippen LogP contribution >= 0.6 is 11.9 Å². The minimum Gasteiger partial charge on any atom is -0.497 e. The highest BCUT2D eigenvalue weighted by molar-refractivity contribution is 7.98. The minimum absolute atomic E-state index is 0.0917. The summed E-state index contributed by atoms with van der Waals surface area (Å²) in [5.74, 6) is 1.13. The number of fused-ring (bicyclic) bond motifs is 5. The summed E-state index contributed by atoms with van der Waals surface area (Å²) in [4.78, 5) is 30.0. The van der Waals surface area contributed by atoms with Gasteiger partial charge in [0.25, 0.3) is 5.91 Å². The molecule has 238 valence electrons. The Labute approximate surface area is 270 Å². The molecule has 0 spiro atoms. The van der Waals surface area contributed by atoms with Crippen LogP contribution < -0.4 is 9.46 Å². The normalized spacial score (nSPS) is 14.7. The van der Waals surface area contributed by atoms with Crippen LogP contribution in [0.5, 0.6) is 5.75 Å². The van der Waals surface area contributed by atoms with Gasteiger partial charge in [-0.25, -0.2) is 4.98 Å². The Morgan fingerprint density at radius 1 is 1.07 bits per heavy atom. The van der Waals surface area contributed by atoms with Crippen molar-refractivity contribution in [2.45, 2.75) is 83.6 Å². The summed E-state index contributed by atoms with van der Waals surface area (Å²) in [7, 11) is 2.69. The van der Waals surface area contributed by atoms with Crippen molar-refractivity contribution in [1.29, 1.82) is 0 Å². The third-order valence-electron chi connectivity index (χ3n) is 8.73. The average molecular weight is 629 g/mol. The molecule has 4 aromatic rings. The summed E-state index contributed by atoms with van der Waals surface area (Å²) in [6.45, 7) is 8.87. The van der Waals surface area contributed by atoms with Gasteiger partial charge in [-0.05, 0) is 97.7 Å². The predicted octanol–water partition coefficient (Wildman–Crippen LogP) is 7.90. The summed E-state index contributed by atoms with van der Waals surface area (Å²) in [6.07, 6.45) is 10.8. The van der Waals surface area contributed by atoms with E-state index in [-0.39, 0.29) is 17.2 Å². The lowest BCUT2D eigenvalue weighted by Gasteiger charge is -2.24. The molecule has 8 nitrogen and oxygen atoms in total. The first kappa shape index (κ1) is 32.6. The van der Waals surface area contributed by atoms with Crippen molar-refractivity contribution in [1.82, 2.24) is 18.8 Å². The number of hydrogen-bond acceptors (Lipinski definition) is 6. The lowest BCUT2D eigenvalue weighted by molar-refractivity contribution is 0.0984. The maximum absolute atomic E-state index is 13.2. The first-order chi connectivity index (χ1) is 21.8. The number of benzene rings is 2. The second-order valence-electron chi connectivity index (χ2n) is 12.2. The Morgan fingerprint density at radius 3 is 2.49 bits per heavy atom. The van der Waals surface area contributed by atoms with Gasteiger partial charge >= 0.3 is 0 Å². The summed E-state index contributed by atoms with van der Waals surface area (Å²) < 4.78 is 13.1. The zero-order chi connectivity index (χ0) is 32.2. The average Bonchev–Trinajstić information content (AvgIpc) is 3.59. The van der Waals surface area contributed by atoms with Gasteiger partial charge < -0.3 is 19.0 Å². The van der Waals surface area contributed by atoms with Gasteiger partial charge in [-0.2, -0.15) is 0 Å². The number of ether oxygens (including phenoxy) is 1. The van der Waals surface area contributed by atoms with E-state index in [2.05, 4.69) is 70.8 Å². The number of hydrogen-bond donors (Lipinski definition) is 2. The molecule has 1 saturated carbocycles. The van der Waals surface area contributed by atoms with Gasteiger partial charge in [0.1, 0.15) is 11.4 Å². The molecule has 0 saturated heterocycles. The highest BCUT2D eigenvalue weighted by atomic mass is 32.2. The SMILES string of the molecule is CO.COc1ccc2c(c1)C=C(c1c(C=O)ncn1C(C)C)Cn1c-2c(C2CCCCC2)c2ccc(C(=O)NSC(C)C)cc21. The van der Waals surface area contributed by atoms with Crippen LogP contribution in [0.15, 0.2) is 42.7 Å². The first-order valence-corrected chi connectivity index (χ1v) is 16.7. The maximum atomic E-state index is 13.2. The quantitative estimate of drug-likeness (QED) is 0.152. The van der Waals surface area contributed by atoms with E-state index in [4.69, 9.17) is 9.84 Å². The van der Waals surface area contributed by atoms with Crippen molar-refractivity contribution < 1.29 is 19.4 Å². The molecule has 2 N–H and O–H groups in total. The number of imidazole rings is 1. The zero-order valence-electron chi connectivity index (χ0n) is 27.1. The molecule has 0 atom stereocenters. The molecule has 2 aliphatic rings. The van der Waals surface area contributed by atoms with E-state index in [1.54, 1.807) is 13.4 Å². The summed E-state index contributed by atoms with van der Waals surface area (Å²) >= 11 is 1.43. The molecule has 3 heterocycles. The third-order valence-corrected chi connectivity index (χ3v) is 9.51. The number of nitrogens with one attached hydrogen (secondary N) is 1. The summed E-state index contributed by atoms with van der Waals surface area (Å²) in [5.41, 5.74) is 8.69. The molecule has 0 unspecified atom stereocenters. The van der Waals surface area contributed by atoms with E-state index < -0.39 is 0 Å². The maximum Gasteiger partial charge on any atom is 0.261 e. The predicted molar refractivity (Wildman–Crippen MR) is 184 cm³/mol. The number of allylic oxidation sites excluding steroid dienone is 1. The fourth-order valence-corrected chi connectivity index (χ4v) is 7.20. The van der Waals surface area contributed by atoms with Crippen molar-refractivity contribution in [2.75, 3.05) is 14.2 Å². The van der Waals surface area contributed by atoms with Crippen molar-refractivity contribution in [3.05, 3.63) is 70.8 Å². The van der Waals surface area contributed by atoms with Gasteiger partial charge in [0, 0.05) is 40.4 Å². The molecule has 0 radical (unpaired) electrons. The second kappa shape index (κ2) is 14.1. The molecular weight excluding hydrogens is 584 g/mol. The number of aliphatic hydroxyl groups is 1. The number of carbonyl (C=O) groups is 2. The minimum atomic E-state index is -0.0917. The molecule has 1 fully saturated rings. The van der Waals surface area contributed by atoms with Crippen LogP contribution in [0.3, 0.4) is 0 Å². The second-order valence-corrected chi connectivity index (χ2v) is 13.6. The Kier molecular flexibility index (Phi) is 10.2. The number of aliphatic hydroxyl groups excluding tert-OH is 1. The van der Waals surface area contributed by atoms with Crippen molar-refractivity contribution in [3.63, 3.8) is 0 Å². The lowest BCUT2D eigenvalue weighted by Crippen LogP contribution is -2.18. The van der Waals surface area contributed by atoms with Crippen molar-refractivity contribution in [3.8, 4) is 17.0 Å². The molecule has 2 aromatic heterocycles. The van der Waals surface area contributed by atoms with Gasteiger partial charge in [-0.3, -0.25) is 14.3 Å². The van der Waals surface area contributed by atoms with Crippen LogP contribution in [0.4, 0.5) is 0 Å². The Balaban J connectivity index is 0.00000196. The molecule has 0 bridgehead atoms. The molecule has 45 heavy (non-hydrogen) atoms. The lowest BCUT2D eigenvalue weighted by atomic mass is 9.81. The topological polar surface area (TPSA) is 98.4 Å². The first-order valence-electron chi connectivity index (χ1n) is 15.8. The smallest absolute Gasteiger partial charge is 0.261 e. The Morgan fingerprint density at radius 2 is 1.82 bits per heavy atom. The highest BCUT2D eigenvalue weighted by Gasteiger charge is 2.31. The Bertz CT molecular complexity index is 1730. The highest BCUT2D eigenvalue weighted by Crippen LogP contribution is 2.48. The van der Waals surface area contributed by atoms with E-state index in [9.17, 15) is 9.59 Å². The number of aldehydes is 1.